The fourth-order valence-corrected chi connectivity index (χ4v) is 4.64. The van der Waals surface area contributed by atoms with E-state index in [9.17, 15) is 5.11 Å². The summed E-state index contributed by atoms with van der Waals surface area (Å²) in [6.45, 7) is 4.50. The third kappa shape index (κ3) is 3.91. The molecule has 0 bridgehead atoms. The highest BCUT2D eigenvalue weighted by molar-refractivity contribution is 9.10. The van der Waals surface area contributed by atoms with E-state index in [4.69, 9.17) is 4.98 Å². The molecule has 0 radical (unpaired) electrons. The fourth-order valence-electron chi connectivity index (χ4n) is 4.30. The van der Waals surface area contributed by atoms with E-state index in [1.807, 2.05) is 36.7 Å². The van der Waals surface area contributed by atoms with Crippen LogP contribution in [0, 0.1) is 5.92 Å². The Bertz CT molecular complexity index is 951. The van der Waals surface area contributed by atoms with E-state index in [0.29, 0.717) is 6.54 Å². The van der Waals surface area contributed by atoms with Crippen LogP contribution < -0.4 is 5.32 Å². The number of nitrogens with one attached hydrogen (secondary N) is 1. The minimum absolute atomic E-state index is 0.198. The minimum Gasteiger partial charge on any atom is -0.390 e. The normalized spacial score (nSPS) is 20.4. The van der Waals surface area contributed by atoms with Crippen molar-refractivity contribution < 1.29 is 5.11 Å². The van der Waals surface area contributed by atoms with Crippen LogP contribution in [-0.4, -0.2) is 30.3 Å². The second-order valence-electron chi connectivity index (χ2n) is 8.16. The lowest BCUT2D eigenvalue weighted by Gasteiger charge is -2.39. The maximum absolute atomic E-state index is 10.7. The Morgan fingerprint density at radius 2 is 2.11 bits per heavy atom. The lowest BCUT2D eigenvalue weighted by molar-refractivity contribution is -0.0105. The molecule has 1 aliphatic carbocycles. The smallest absolute Gasteiger partial charge is 0.171 e. The van der Waals surface area contributed by atoms with Crippen molar-refractivity contribution in [1.82, 2.24) is 19.6 Å². The Morgan fingerprint density at radius 1 is 1.29 bits per heavy atom. The van der Waals surface area contributed by atoms with Crippen molar-refractivity contribution in [1.29, 1.82) is 0 Å². The Hall–Kier alpha value is -1.99. The molecule has 6 nitrogen and oxygen atoms in total. The van der Waals surface area contributed by atoms with Crippen molar-refractivity contribution in [2.75, 3.05) is 5.32 Å². The SMILES string of the molecule is CC(C)(O)[C@H]1CCCCC1c1cc(NCc2cccnc2)n2ncc(Br)c2n1. The molecule has 3 aromatic rings. The highest BCUT2D eigenvalue weighted by atomic mass is 79.9. The molecule has 0 spiro atoms. The van der Waals surface area contributed by atoms with Crippen LogP contribution in [0.4, 0.5) is 5.82 Å². The van der Waals surface area contributed by atoms with E-state index >= 15 is 0 Å². The van der Waals surface area contributed by atoms with Gasteiger partial charge in [0.05, 0.1) is 22.0 Å². The van der Waals surface area contributed by atoms with Crippen LogP contribution in [0.3, 0.4) is 0 Å². The number of nitrogens with zero attached hydrogens (tertiary/aromatic N) is 4. The number of hydrogen-bond acceptors (Lipinski definition) is 5. The van der Waals surface area contributed by atoms with E-state index in [0.717, 1.165) is 46.5 Å². The summed E-state index contributed by atoms with van der Waals surface area (Å²) in [4.78, 5) is 9.11. The zero-order valence-corrected chi connectivity index (χ0v) is 17.9. The molecule has 3 heterocycles. The van der Waals surface area contributed by atoms with Crippen LogP contribution in [0.25, 0.3) is 5.65 Å². The molecule has 3 aromatic heterocycles. The predicted octanol–water partition coefficient (Wildman–Crippen LogP) is 4.54. The van der Waals surface area contributed by atoms with Crippen molar-refractivity contribution in [3.05, 3.63) is 52.5 Å². The number of aromatic nitrogens is 4. The number of aliphatic hydroxyl groups is 1. The maximum atomic E-state index is 10.7. The standard InChI is InChI=1S/C21H26BrN5O/c1-21(2,28)16-8-4-3-7-15(16)18-10-19(24-12-14-6-5-9-23-11-14)27-20(26-18)17(22)13-25-27/h5-6,9-11,13,15-16,24,28H,3-4,7-8,12H2,1-2H3/t15?,16-/m0/s1. The van der Waals surface area contributed by atoms with Gasteiger partial charge >= 0.3 is 0 Å². The Kier molecular flexibility index (Phi) is 5.38. The number of halogens is 1. The van der Waals surface area contributed by atoms with Gasteiger partial charge in [-0.2, -0.15) is 9.61 Å². The maximum Gasteiger partial charge on any atom is 0.171 e. The van der Waals surface area contributed by atoms with Gasteiger partial charge in [-0.3, -0.25) is 4.98 Å². The van der Waals surface area contributed by atoms with E-state index < -0.39 is 5.60 Å². The van der Waals surface area contributed by atoms with Gasteiger partial charge in [0.15, 0.2) is 5.65 Å². The summed E-state index contributed by atoms with van der Waals surface area (Å²) in [5, 5.41) is 18.7. The van der Waals surface area contributed by atoms with E-state index in [2.05, 4.69) is 37.4 Å². The minimum atomic E-state index is -0.723. The Balaban J connectivity index is 1.71. The molecule has 4 rings (SSSR count). The number of anilines is 1. The van der Waals surface area contributed by atoms with Crippen LogP contribution in [0.5, 0.6) is 0 Å². The van der Waals surface area contributed by atoms with Gasteiger partial charge in [0.25, 0.3) is 0 Å². The first-order chi connectivity index (χ1) is 13.4. The lowest BCUT2D eigenvalue weighted by atomic mass is 9.70. The van der Waals surface area contributed by atoms with E-state index in [-0.39, 0.29) is 11.8 Å². The molecule has 1 aliphatic rings. The second kappa shape index (κ2) is 7.79. The molecule has 1 unspecified atom stereocenters. The molecule has 0 aliphatic heterocycles. The first-order valence-electron chi connectivity index (χ1n) is 9.83. The summed E-state index contributed by atoms with van der Waals surface area (Å²) >= 11 is 3.58. The number of hydrogen-bond donors (Lipinski definition) is 2. The largest absolute Gasteiger partial charge is 0.390 e. The summed E-state index contributed by atoms with van der Waals surface area (Å²) < 4.78 is 2.70. The average Bonchev–Trinajstić information content (AvgIpc) is 3.07. The van der Waals surface area contributed by atoms with E-state index in [1.165, 1.54) is 6.42 Å². The molecule has 2 atom stereocenters. The summed E-state index contributed by atoms with van der Waals surface area (Å²) in [6, 6.07) is 6.08. The zero-order valence-electron chi connectivity index (χ0n) is 16.3. The van der Waals surface area contributed by atoms with Crippen LogP contribution >= 0.6 is 15.9 Å². The number of pyridine rings is 1. The second-order valence-corrected chi connectivity index (χ2v) is 9.01. The lowest BCUT2D eigenvalue weighted by Crippen LogP contribution is -2.37. The quantitative estimate of drug-likeness (QED) is 0.604. The molecule has 148 valence electrons. The zero-order chi connectivity index (χ0) is 19.7. The fraction of sp³-hybridized carbons (Fsp3) is 0.476. The number of rotatable bonds is 5. The topological polar surface area (TPSA) is 75.3 Å². The number of fused-ring (bicyclic) bond motifs is 1. The summed E-state index contributed by atoms with van der Waals surface area (Å²) in [7, 11) is 0. The summed E-state index contributed by atoms with van der Waals surface area (Å²) in [5.74, 6) is 1.33. The van der Waals surface area contributed by atoms with Crippen molar-refractivity contribution in [3.63, 3.8) is 0 Å². The highest BCUT2D eigenvalue weighted by Crippen LogP contribution is 2.43. The Morgan fingerprint density at radius 3 is 2.86 bits per heavy atom. The van der Waals surface area contributed by atoms with Crippen molar-refractivity contribution in [2.24, 2.45) is 5.92 Å². The van der Waals surface area contributed by atoms with Crippen LogP contribution in [0.1, 0.15) is 56.7 Å². The molecular formula is C21H26BrN5O. The molecule has 0 aromatic carbocycles. The van der Waals surface area contributed by atoms with Crippen LogP contribution in [-0.2, 0) is 6.54 Å². The van der Waals surface area contributed by atoms with Gasteiger partial charge in [0.1, 0.15) is 5.82 Å². The first kappa shape index (κ1) is 19.3. The highest BCUT2D eigenvalue weighted by Gasteiger charge is 2.37. The van der Waals surface area contributed by atoms with Gasteiger partial charge in [-0.25, -0.2) is 4.98 Å². The third-order valence-electron chi connectivity index (χ3n) is 5.70. The molecule has 2 N–H and O–H groups in total. The summed E-state index contributed by atoms with van der Waals surface area (Å²) in [5.41, 5.74) is 2.20. The molecular weight excluding hydrogens is 418 g/mol. The predicted molar refractivity (Wildman–Crippen MR) is 113 cm³/mol. The summed E-state index contributed by atoms with van der Waals surface area (Å²) in [6.07, 6.45) is 9.81. The van der Waals surface area contributed by atoms with Crippen LogP contribution in [0.15, 0.2) is 41.3 Å². The van der Waals surface area contributed by atoms with Gasteiger partial charge in [-0.05, 0) is 60.2 Å². The van der Waals surface area contributed by atoms with Gasteiger partial charge in [0, 0.05) is 30.9 Å². The average molecular weight is 444 g/mol. The molecule has 7 heteroatoms. The third-order valence-corrected chi connectivity index (χ3v) is 6.26. The first-order valence-corrected chi connectivity index (χ1v) is 10.6. The molecule has 0 saturated heterocycles. The molecule has 1 fully saturated rings. The van der Waals surface area contributed by atoms with E-state index in [1.54, 1.807) is 12.4 Å². The molecule has 28 heavy (non-hydrogen) atoms. The van der Waals surface area contributed by atoms with Gasteiger partial charge in [-0.1, -0.05) is 18.9 Å². The monoisotopic (exact) mass is 443 g/mol. The van der Waals surface area contributed by atoms with Crippen molar-refractivity contribution in [2.45, 2.75) is 57.6 Å². The van der Waals surface area contributed by atoms with Gasteiger partial charge in [-0.15, -0.1) is 0 Å². The Labute approximate surface area is 173 Å². The molecule has 0 amide bonds. The molecule has 1 saturated carbocycles. The van der Waals surface area contributed by atoms with Gasteiger partial charge < -0.3 is 10.4 Å². The van der Waals surface area contributed by atoms with Crippen LogP contribution in [0.2, 0.25) is 0 Å². The van der Waals surface area contributed by atoms with Crippen molar-refractivity contribution >= 4 is 27.4 Å². The van der Waals surface area contributed by atoms with Gasteiger partial charge in [0.2, 0.25) is 0 Å². The van der Waals surface area contributed by atoms with Crippen molar-refractivity contribution in [3.8, 4) is 0 Å².